The van der Waals surface area contributed by atoms with E-state index in [0.717, 1.165) is 11.3 Å². The first-order chi connectivity index (χ1) is 12.0. The molecule has 1 aliphatic rings. The average Bonchev–Trinajstić information content (AvgIpc) is 2.63. The number of amides is 2. The molecule has 2 aromatic rings. The van der Waals surface area contributed by atoms with Crippen molar-refractivity contribution in [1.82, 2.24) is 5.32 Å². The van der Waals surface area contributed by atoms with Crippen molar-refractivity contribution in [2.24, 2.45) is 0 Å². The summed E-state index contributed by atoms with van der Waals surface area (Å²) in [4.78, 5) is 25.8. The summed E-state index contributed by atoms with van der Waals surface area (Å²) in [5.41, 5.74) is 1.84. The summed E-state index contributed by atoms with van der Waals surface area (Å²) in [6.07, 6.45) is -0.747. The predicted octanol–water partition coefficient (Wildman–Crippen LogP) is 1.91. The molecule has 0 aliphatic carbocycles. The molecule has 1 aliphatic heterocycles. The zero-order valence-electron chi connectivity index (χ0n) is 14.2. The molecule has 0 saturated carbocycles. The summed E-state index contributed by atoms with van der Waals surface area (Å²) in [5, 5.41) is 2.68. The topological polar surface area (TPSA) is 67.9 Å². The molecule has 0 radical (unpaired) electrons. The molecular weight excluding hydrogens is 320 g/mol. The van der Waals surface area contributed by atoms with Crippen LogP contribution in [0.4, 0.5) is 5.69 Å². The number of nitrogens with zero attached hydrogens (tertiary/aromatic N) is 1. The van der Waals surface area contributed by atoms with Crippen molar-refractivity contribution in [3.8, 4) is 11.5 Å². The molecule has 1 N–H and O–H groups in total. The maximum Gasteiger partial charge on any atom is 0.269 e. The Kier molecular flexibility index (Phi) is 4.88. The normalized spacial score (nSPS) is 16.0. The van der Waals surface area contributed by atoms with Gasteiger partial charge in [0.1, 0.15) is 11.5 Å². The van der Waals surface area contributed by atoms with E-state index in [1.54, 1.807) is 18.0 Å². The van der Waals surface area contributed by atoms with Crippen LogP contribution in [-0.2, 0) is 9.59 Å². The minimum absolute atomic E-state index is 0.0909. The molecule has 2 aromatic carbocycles. The van der Waals surface area contributed by atoms with Crippen LogP contribution in [0.2, 0.25) is 0 Å². The lowest BCUT2D eigenvalue weighted by Crippen LogP contribution is -2.50. The molecule has 1 unspecified atom stereocenters. The zero-order chi connectivity index (χ0) is 17.8. The Morgan fingerprint density at radius 2 is 1.92 bits per heavy atom. The second-order valence-corrected chi connectivity index (χ2v) is 5.88. The van der Waals surface area contributed by atoms with Crippen molar-refractivity contribution < 1.29 is 19.1 Å². The number of carbonyl (C=O) groups excluding carboxylic acids is 2. The van der Waals surface area contributed by atoms with Gasteiger partial charge in [-0.2, -0.15) is 0 Å². The SMILES string of the molecule is Cc1ccc(OCC(=O)NCC2Oc3ccccc3N(C)C2=O)cc1. The fourth-order valence-electron chi connectivity index (χ4n) is 2.54. The molecule has 1 atom stereocenters. The number of hydrogen-bond acceptors (Lipinski definition) is 4. The van der Waals surface area contributed by atoms with Crippen LogP contribution in [0.25, 0.3) is 0 Å². The average molecular weight is 340 g/mol. The molecule has 0 fully saturated rings. The Bertz CT molecular complexity index is 773. The van der Waals surface area contributed by atoms with E-state index in [2.05, 4.69) is 5.32 Å². The number of ether oxygens (including phenoxy) is 2. The Morgan fingerprint density at radius 3 is 2.68 bits per heavy atom. The minimum atomic E-state index is -0.747. The van der Waals surface area contributed by atoms with Gasteiger partial charge in [-0.05, 0) is 31.2 Å². The molecule has 25 heavy (non-hydrogen) atoms. The summed E-state index contributed by atoms with van der Waals surface area (Å²) in [6.45, 7) is 1.96. The van der Waals surface area contributed by atoms with E-state index in [-0.39, 0.29) is 25.0 Å². The van der Waals surface area contributed by atoms with Gasteiger partial charge in [0.2, 0.25) is 0 Å². The number of fused-ring (bicyclic) bond motifs is 1. The van der Waals surface area contributed by atoms with E-state index in [9.17, 15) is 9.59 Å². The fourth-order valence-corrected chi connectivity index (χ4v) is 2.54. The lowest BCUT2D eigenvalue weighted by Gasteiger charge is -2.31. The first-order valence-corrected chi connectivity index (χ1v) is 8.04. The summed E-state index contributed by atoms with van der Waals surface area (Å²) in [5.74, 6) is 0.746. The molecular formula is C19H20N2O4. The zero-order valence-corrected chi connectivity index (χ0v) is 14.2. The summed E-state index contributed by atoms with van der Waals surface area (Å²) < 4.78 is 11.1. The van der Waals surface area contributed by atoms with Gasteiger partial charge in [-0.3, -0.25) is 9.59 Å². The summed E-state index contributed by atoms with van der Waals surface area (Å²) in [7, 11) is 1.69. The maximum atomic E-state index is 12.3. The first-order valence-electron chi connectivity index (χ1n) is 8.04. The number of anilines is 1. The van der Waals surface area contributed by atoms with Crippen molar-refractivity contribution in [1.29, 1.82) is 0 Å². The second-order valence-electron chi connectivity index (χ2n) is 5.88. The highest BCUT2D eigenvalue weighted by Crippen LogP contribution is 2.32. The van der Waals surface area contributed by atoms with E-state index >= 15 is 0 Å². The molecule has 130 valence electrons. The van der Waals surface area contributed by atoms with E-state index in [4.69, 9.17) is 9.47 Å². The van der Waals surface area contributed by atoms with Crippen LogP contribution in [0.3, 0.4) is 0 Å². The van der Waals surface area contributed by atoms with Gasteiger partial charge in [-0.1, -0.05) is 29.8 Å². The number of hydrogen-bond donors (Lipinski definition) is 1. The Hall–Kier alpha value is -3.02. The monoisotopic (exact) mass is 340 g/mol. The largest absolute Gasteiger partial charge is 0.484 e. The van der Waals surface area contributed by atoms with Crippen molar-refractivity contribution in [2.45, 2.75) is 13.0 Å². The number of aryl methyl sites for hydroxylation is 1. The maximum absolute atomic E-state index is 12.3. The Labute approximate surface area is 146 Å². The van der Waals surface area contributed by atoms with E-state index < -0.39 is 6.10 Å². The number of para-hydroxylation sites is 2. The lowest BCUT2D eigenvalue weighted by molar-refractivity contribution is -0.127. The number of nitrogens with one attached hydrogen (secondary N) is 1. The molecule has 6 nitrogen and oxygen atoms in total. The number of carbonyl (C=O) groups is 2. The third kappa shape index (κ3) is 3.91. The third-order valence-corrected chi connectivity index (χ3v) is 3.98. The van der Waals surface area contributed by atoms with Gasteiger partial charge in [0.25, 0.3) is 11.8 Å². The standard InChI is InChI=1S/C19H20N2O4/c1-13-7-9-14(10-8-13)24-12-18(22)20-11-17-19(23)21(2)15-5-3-4-6-16(15)25-17/h3-10,17H,11-12H2,1-2H3,(H,20,22). The fraction of sp³-hybridized carbons (Fsp3) is 0.263. The van der Waals surface area contributed by atoms with Gasteiger partial charge in [0, 0.05) is 7.05 Å². The van der Waals surface area contributed by atoms with Crippen LogP contribution in [0.5, 0.6) is 11.5 Å². The first kappa shape index (κ1) is 16.8. The van der Waals surface area contributed by atoms with Crippen molar-refractivity contribution >= 4 is 17.5 Å². The summed E-state index contributed by atoms with van der Waals surface area (Å²) >= 11 is 0. The number of likely N-dealkylation sites (N-methyl/N-ethyl adjacent to an activating group) is 1. The van der Waals surface area contributed by atoms with Gasteiger partial charge >= 0.3 is 0 Å². The molecule has 0 saturated heterocycles. The van der Waals surface area contributed by atoms with Crippen molar-refractivity contribution in [2.75, 3.05) is 25.1 Å². The number of benzene rings is 2. The second kappa shape index (κ2) is 7.25. The quantitative estimate of drug-likeness (QED) is 0.903. The predicted molar refractivity (Wildman–Crippen MR) is 94.0 cm³/mol. The van der Waals surface area contributed by atoms with Gasteiger partial charge in [0.15, 0.2) is 12.7 Å². The molecule has 0 spiro atoms. The molecule has 6 heteroatoms. The Balaban J connectivity index is 1.52. The molecule has 0 bridgehead atoms. The third-order valence-electron chi connectivity index (χ3n) is 3.98. The van der Waals surface area contributed by atoms with Crippen molar-refractivity contribution in [3.05, 3.63) is 54.1 Å². The summed E-state index contributed by atoms with van der Waals surface area (Å²) in [6, 6.07) is 14.7. The van der Waals surface area contributed by atoms with Crippen LogP contribution >= 0.6 is 0 Å². The van der Waals surface area contributed by atoms with Crippen LogP contribution in [0, 0.1) is 6.92 Å². The van der Waals surface area contributed by atoms with Gasteiger partial charge in [-0.15, -0.1) is 0 Å². The van der Waals surface area contributed by atoms with Crippen molar-refractivity contribution in [3.63, 3.8) is 0 Å². The van der Waals surface area contributed by atoms with E-state index in [1.165, 1.54) is 0 Å². The molecule has 3 rings (SSSR count). The van der Waals surface area contributed by atoms with Crippen LogP contribution in [0.15, 0.2) is 48.5 Å². The molecule has 1 heterocycles. The molecule has 2 amide bonds. The highest BCUT2D eigenvalue weighted by molar-refractivity contribution is 5.99. The van der Waals surface area contributed by atoms with Gasteiger partial charge in [-0.25, -0.2) is 0 Å². The van der Waals surface area contributed by atoms with Gasteiger partial charge < -0.3 is 19.7 Å². The van der Waals surface area contributed by atoms with Crippen LogP contribution < -0.4 is 19.7 Å². The van der Waals surface area contributed by atoms with Crippen LogP contribution in [0.1, 0.15) is 5.56 Å². The lowest BCUT2D eigenvalue weighted by atomic mass is 10.2. The smallest absolute Gasteiger partial charge is 0.269 e. The highest BCUT2D eigenvalue weighted by Gasteiger charge is 2.32. The minimum Gasteiger partial charge on any atom is -0.484 e. The van der Waals surface area contributed by atoms with E-state index in [0.29, 0.717) is 11.5 Å². The van der Waals surface area contributed by atoms with Gasteiger partial charge in [0.05, 0.1) is 12.2 Å². The number of rotatable bonds is 5. The van der Waals surface area contributed by atoms with E-state index in [1.807, 2.05) is 49.4 Å². The van der Waals surface area contributed by atoms with Crippen LogP contribution in [-0.4, -0.2) is 38.1 Å². The Morgan fingerprint density at radius 1 is 1.20 bits per heavy atom. The highest BCUT2D eigenvalue weighted by atomic mass is 16.5. The molecule has 0 aromatic heterocycles.